The van der Waals surface area contributed by atoms with Gasteiger partial charge in [0.05, 0.1) is 5.41 Å². The summed E-state index contributed by atoms with van der Waals surface area (Å²) >= 11 is 0. The van der Waals surface area contributed by atoms with Gasteiger partial charge in [-0.1, -0.05) is 19.1 Å². The number of fused-ring (bicyclic) bond motifs is 2. The molecule has 66 valence electrons. The normalized spacial score (nSPS) is 50.0. The zero-order valence-corrected chi connectivity index (χ0v) is 7.50. The van der Waals surface area contributed by atoms with Gasteiger partial charge in [-0.15, -0.1) is 0 Å². The highest BCUT2D eigenvalue weighted by atomic mass is 16.4. The van der Waals surface area contributed by atoms with E-state index >= 15 is 0 Å². The molecule has 2 aliphatic rings. The third-order valence-corrected chi connectivity index (χ3v) is 3.50. The second-order valence-corrected chi connectivity index (χ2v) is 4.72. The van der Waals surface area contributed by atoms with Crippen LogP contribution in [0.3, 0.4) is 0 Å². The summed E-state index contributed by atoms with van der Waals surface area (Å²) in [6.07, 6.45) is 6.09. The number of hydrogen-bond acceptors (Lipinski definition) is 1. The van der Waals surface area contributed by atoms with E-state index in [0.717, 1.165) is 12.8 Å². The van der Waals surface area contributed by atoms with Crippen LogP contribution in [-0.2, 0) is 4.79 Å². The van der Waals surface area contributed by atoms with Gasteiger partial charge < -0.3 is 5.11 Å². The first-order chi connectivity index (χ1) is 5.46. The van der Waals surface area contributed by atoms with Crippen molar-refractivity contribution in [2.75, 3.05) is 0 Å². The van der Waals surface area contributed by atoms with Gasteiger partial charge in [-0.3, -0.25) is 4.79 Å². The molecule has 0 aromatic rings. The first-order valence-electron chi connectivity index (χ1n) is 4.39. The Bertz CT molecular complexity index is 269. The maximum atomic E-state index is 11.0. The third-order valence-electron chi connectivity index (χ3n) is 3.50. The lowest BCUT2D eigenvalue weighted by Crippen LogP contribution is -2.32. The van der Waals surface area contributed by atoms with E-state index in [1.807, 2.05) is 6.92 Å². The van der Waals surface area contributed by atoms with Crippen LogP contribution in [0, 0.1) is 16.7 Å². The average Bonchev–Trinajstić information content (AvgIpc) is 2.41. The number of allylic oxidation sites excluding steroid dienone is 2. The van der Waals surface area contributed by atoms with E-state index in [-0.39, 0.29) is 11.3 Å². The maximum Gasteiger partial charge on any atom is 0.309 e. The van der Waals surface area contributed by atoms with Crippen LogP contribution < -0.4 is 0 Å². The Morgan fingerprint density at radius 2 is 2.25 bits per heavy atom. The molecular formula is C10H14O2. The lowest BCUT2D eigenvalue weighted by atomic mass is 9.75. The number of hydrogen-bond donors (Lipinski definition) is 1. The molecule has 12 heavy (non-hydrogen) atoms. The summed E-state index contributed by atoms with van der Waals surface area (Å²) < 4.78 is 0. The molecule has 0 aliphatic heterocycles. The van der Waals surface area contributed by atoms with Crippen molar-refractivity contribution in [2.24, 2.45) is 16.7 Å². The topological polar surface area (TPSA) is 37.3 Å². The van der Waals surface area contributed by atoms with Crippen molar-refractivity contribution in [3.05, 3.63) is 12.2 Å². The van der Waals surface area contributed by atoms with Crippen LogP contribution in [0.4, 0.5) is 0 Å². The molecule has 2 aliphatic carbocycles. The fourth-order valence-electron chi connectivity index (χ4n) is 2.76. The molecule has 0 radical (unpaired) electrons. The molecule has 0 saturated heterocycles. The molecule has 1 saturated carbocycles. The van der Waals surface area contributed by atoms with Gasteiger partial charge in [0.25, 0.3) is 0 Å². The number of aliphatic carboxylic acids is 1. The molecule has 2 nitrogen and oxygen atoms in total. The molecule has 0 amide bonds. The van der Waals surface area contributed by atoms with Gasteiger partial charge in [-0.25, -0.2) is 0 Å². The van der Waals surface area contributed by atoms with Gasteiger partial charge in [-0.05, 0) is 31.1 Å². The van der Waals surface area contributed by atoms with Crippen molar-refractivity contribution < 1.29 is 9.90 Å². The van der Waals surface area contributed by atoms with Crippen molar-refractivity contribution in [1.29, 1.82) is 0 Å². The second-order valence-electron chi connectivity index (χ2n) is 4.72. The van der Waals surface area contributed by atoms with Crippen molar-refractivity contribution in [2.45, 2.75) is 26.7 Å². The van der Waals surface area contributed by atoms with Crippen LogP contribution in [0.25, 0.3) is 0 Å². The SMILES string of the molecule is CC12C=CC(C1)C(C)(C(=O)O)C2. The quantitative estimate of drug-likeness (QED) is 0.605. The molecule has 1 N–H and O–H groups in total. The predicted octanol–water partition coefficient (Wildman–Crippen LogP) is 2.06. The van der Waals surface area contributed by atoms with Crippen LogP contribution in [0.2, 0.25) is 0 Å². The number of carbonyl (C=O) groups is 1. The summed E-state index contributed by atoms with van der Waals surface area (Å²) in [7, 11) is 0. The molecule has 0 heterocycles. The Labute approximate surface area is 72.3 Å². The Kier molecular flexibility index (Phi) is 1.26. The van der Waals surface area contributed by atoms with Gasteiger partial charge >= 0.3 is 5.97 Å². The highest BCUT2D eigenvalue weighted by Crippen LogP contribution is 2.58. The summed E-state index contributed by atoms with van der Waals surface area (Å²) in [5, 5.41) is 9.08. The molecule has 2 heteroatoms. The van der Waals surface area contributed by atoms with Crippen LogP contribution in [0.15, 0.2) is 12.2 Å². The van der Waals surface area contributed by atoms with Crippen molar-refractivity contribution in [3.8, 4) is 0 Å². The summed E-state index contributed by atoms with van der Waals surface area (Å²) in [5.74, 6) is -0.374. The van der Waals surface area contributed by atoms with Crippen molar-refractivity contribution in [3.63, 3.8) is 0 Å². The Morgan fingerprint density at radius 3 is 2.50 bits per heavy atom. The molecule has 2 bridgehead atoms. The molecular weight excluding hydrogens is 152 g/mol. The van der Waals surface area contributed by atoms with E-state index in [1.54, 1.807) is 0 Å². The molecule has 1 fully saturated rings. The zero-order chi connectivity index (χ0) is 8.98. The first-order valence-corrected chi connectivity index (χ1v) is 4.39. The molecule has 3 atom stereocenters. The van der Waals surface area contributed by atoms with Gasteiger partial charge in [0, 0.05) is 0 Å². The molecule has 2 rings (SSSR count). The standard InChI is InChI=1S/C10H14O2/c1-9-4-3-7(5-9)10(2,6-9)8(11)12/h3-4,7H,5-6H2,1-2H3,(H,11,12). The Morgan fingerprint density at radius 1 is 1.58 bits per heavy atom. The number of carboxylic acid groups (broad SMARTS) is 1. The van der Waals surface area contributed by atoms with E-state index in [2.05, 4.69) is 19.1 Å². The van der Waals surface area contributed by atoms with Gasteiger partial charge in [-0.2, -0.15) is 0 Å². The van der Waals surface area contributed by atoms with Gasteiger partial charge in [0.1, 0.15) is 0 Å². The summed E-state index contributed by atoms with van der Waals surface area (Å²) in [4.78, 5) is 11.0. The summed E-state index contributed by atoms with van der Waals surface area (Å²) in [6.45, 7) is 4.02. The minimum absolute atomic E-state index is 0.164. The largest absolute Gasteiger partial charge is 0.481 e. The average molecular weight is 166 g/mol. The molecule has 0 aromatic carbocycles. The maximum absolute atomic E-state index is 11.0. The number of carboxylic acids is 1. The Hall–Kier alpha value is -0.790. The number of rotatable bonds is 1. The monoisotopic (exact) mass is 166 g/mol. The molecule has 0 aromatic heterocycles. The van der Waals surface area contributed by atoms with E-state index in [1.165, 1.54) is 0 Å². The second kappa shape index (κ2) is 1.93. The van der Waals surface area contributed by atoms with Crippen LogP contribution in [0.5, 0.6) is 0 Å². The lowest BCUT2D eigenvalue weighted by Gasteiger charge is -2.28. The smallest absolute Gasteiger partial charge is 0.309 e. The van der Waals surface area contributed by atoms with Gasteiger partial charge in [0.2, 0.25) is 0 Å². The fourth-order valence-corrected chi connectivity index (χ4v) is 2.76. The van der Waals surface area contributed by atoms with E-state index in [9.17, 15) is 4.79 Å². The molecule has 3 unspecified atom stereocenters. The minimum atomic E-state index is -0.638. The van der Waals surface area contributed by atoms with Crippen LogP contribution in [0.1, 0.15) is 26.7 Å². The van der Waals surface area contributed by atoms with Crippen LogP contribution in [-0.4, -0.2) is 11.1 Å². The highest BCUT2D eigenvalue weighted by molar-refractivity contribution is 5.76. The van der Waals surface area contributed by atoms with Crippen molar-refractivity contribution in [1.82, 2.24) is 0 Å². The minimum Gasteiger partial charge on any atom is -0.481 e. The third kappa shape index (κ3) is 0.780. The van der Waals surface area contributed by atoms with Crippen LogP contribution >= 0.6 is 0 Å². The van der Waals surface area contributed by atoms with Crippen molar-refractivity contribution >= 4 is 5.97 Å². The van der Waals surface area contributed by atoms with E-state index < -0.39 is 11.4 Å². The fraction of sp³-hybridized carbons (Fsp3) is 0.700. The van der Waals surface area contributed by atoms with Gasteiger partial charge in [0.15, 0.2) is 0 Å². The molecule has 0 spiro atoms. The Balaban J connectivity index is 2.36. The highest BCUT2D eigenvalue weighted by Gasteiger charge is 2.55. The summed E-state index contributed by atoms with van der Waals surface area (Å²) in [6, 6.07) is 0. The predicted molar refractivity (Wildman–Crippen MR) is 45.7 cm³/mol. The van der Waals surface area contributed by atoms with E-state index in [0.29, 0.717) is 0 Å². The van der Waals surface area contributed by atoms with E-state index in [4.69, 9.17) is 5.11 Å². The summed E-state index contributed by atoms with van der Waals surface area (Å²) in [5.41, 5.74) is -0.332. The lowest BCUT2D eigenvalue weighted by molar-refractivity contribution is -0.149. The first kappa shape index (κ1) is 7.84. The zero-order valence-electron chi connectivity index (χ0n) is 7.50.